The van der Waals surface area contributed by atoms with Crippen LogP contribution < -0.4 is 0 Å². The van der Waals surface area contributed by atoms with E-state index in [0.717, 1.165) is 12.1 Å². The van der Waals surface area contributed by atoms with Crippen LogP contribution in [0, 0.1) is 5.82 Å². The second-order valence-corrected chi connectivity index (χ2v) is 5.58. The number of hydrogen-bond donors (Lipinski definition) is 0. The zero-order chi connectivity index (χ0) is 12.4. The van der Waals surface area contributed by atoms with Gasteiger partial charge in [0.05, 0.1) is 16.7 Å². The first-order chi connectivity index (χ1) is 8.11. The summed E-state index contributed by atoms with van der Waals surface area (Å²) in [5.41, 5.74) is 1.19. The van der Waals surface area contributed by atoms with E-state index in [4.69, 9.17) is 0 Å². The fourth-order valence-corrected chi connectivity index (χ4v) is 1.96. The number of nitrogens with zero attached hydrogens (tertiary/aromatic N) is 3. The van der Waals surface area contributed by atoms with Gasteiger partial charge in [-0.1, -0.05) is 44.0 Å². The standard InChI is InChI=1S/C11H10Br2FN3/c1-2-8(13)10-6-17(16-15-10)11-4-3-7(12)5-9(11)14/h3-6,8H,2H2,1H3. The fraction of sp³-hybridized carbons (Fsp3) is 0.273. The smallest absolute Gasteiger partial charge is 0.150 e. The van der Waals surface area contributed by atoms with Crippen molar-refractivity contribution < 1.29 is 4.39 Å². The summed E-state index contributed by atoms with van der Waals surface area (Å²) >= 11 is 6.70. The maximum atomic E-state index is 13.7. The lowest BCUT2D eigenvalue weighted by Gasteiger charge is -2.02. The second kappa shape index (κ2) is 5.27. The van der Waals surface area contributed by atoms with Gasteiger partial charge >= 0.3 is 0 Å². The fourth-order valence-electron chi connectivity index (χ4n) is 1.41. The number of rotatable bonds is 3. The molecule has 90 valence electrons. The van der Waals surface area contributed by atoms with Crippen LogP contribution in [-0.4, -0.2) is 15.0 Å². The molecular formula is C11H10Br2FN3. The Balaban J connectivity index is 2.37. The summed E-state index contributed by atoms with van der Waals surface area (Å²) in [5.74, 6) is -0.335. The van der Waals surface area contributed by atoms with Gasteiger partial charge in [0.25, 0.3) is 0 Å². The van der Waals surface area contributed by atoms with Gasteiger partial charge in [-0.25, -0.2) is 9.07 Å². The molecule has 0 saturated carbocycles. The molecule has 0 saturated heterocycles. The quantitative estimate of drug-likeness (QED) is 0.772. The van der Waals surface area contributed by atoms with Crippen molar-refractivity contribution in [2.75, 3.05) is 0 Å². The van der Waals surface area contributed by atoms with Crippen molar-refractivity contribution >= 4 is 31.9 Å². The Bertz CT molecular complexity index is 527. The molecule has 0 aliphatic rings. The molecule has 1 aromatic heterocycles. The molecule has 1 aromatic carbocycles. The van der Waals surface area contributed by atoms with Gasteiger partial charge in [0.2, 0.25) is 0 Å². The number of alkyl halides is 1. The van der Waals surface area contributed by atoms with Gasteiger partial charge in [0.1, 0.15) is 11.5 Å². The highest BCUT2D eigenvalue weighted by Gasteiger charge is 2.12. The van der Waals surface area contributed by atoms with E-state index in [9.17, 15) is 4.39 Å². The molecule has 17 heavy (non-hydrogen) atoms. The van der Waals surface area contributed by atoms with Crippen molar-refractivity contribution in [1.29, 1.82) is 0 Å². The van der Waals surface area contributed by atoms with E-state index in [-0.39, 0.29) is 10.6 Å². The lowest BCUT2D eigenvalue weighted by molar-refractivity contribution is 0.606. The van der Waals surface area contributed by atoms with Crippen LogP contribution in [0.2, 0.25) is 0 Å². The van der Waals surface area contributed by atoms with Crippen LogP contribution in [-0.2, 0) is 0 Å². The van der Waals surface area contributed by atoms with Gasteiger partial charge in [-0.05, 0) is 24.6 Å². The maximum Gasteiger partial charge on any atom is 0.150 e. The number of aromatic nitrogens is 3. The molecular weight excluding hydrogens is 353 g/mol. The lowest BCUT2D eigenvalue weighted by Crippen LogP contribution is -1.98. The van der Waals surface area contributed by atoms with Crippen LogP contribution in [0.25, 0.3) is 5.69 Å². The van der Waals surface area contributed by atoms with E-state index in [1.54, 1.807) is 18.3 Å². The molecule has 2 rings (SSSR count). The highest BCUT2D eigenvalue weighted by atomic mass is 79.9. The molecule has 1 atom stereocenters. The van der Waals surface area contributed by atoms with E-state index >= 15 is 0 Å². The molecule has 0 bridgehead atoms. The summed E-state index contributed by atoms with van der Waals surface area (Å²) in [6.07, 6.45) is 2.64. The lowest BCUT2D eigenvalue weighted by atomic mass is 10.2. The summed E-state index contributed by atoms with van der Waals surface area (Å²) < 4.78 is 15.8. The first-order valence-corrected chi connectivity index (χ1v) is 6.84. The average molecular weight is 363 g/mol. The Morgan fingerprint density at radius 1 is 1.47 bits per heavy atom. The first kappa shape index (κ1) is 12.7. The summed E-state index contributed by atoms with van der Waals surface area (Å²) in [7, 11) is 0. The highest BCUT2D eigenvalue weighted by molar-refractivity contribution is 9.10. The molecule has 2 aromatic rings. The Hall–Kier alpha value is -0.750. The van der Waals surface area contributed by atoms with Gasteiger partial charge < -0.3 is 0 Å². The summed E-state index contributed by atoms with van der Waals surface area (Å²) in [6, 6.07) is 4.83. The van der Waals surface area contributed by atoms with Gasteiger partial charge in [-0.15, -0.1) is 5.10 Å². The van der Waals surface area contributed by atoms with Crippen molar-refractivity contribution in [1.82, 2.24) is 15.0 Å². The molecule has 3 nitrogen and oxygen atoms in total. The number of halogens is 3. The maximum absolute atomic E-state index is 13.7. The molecule has 0 spiro atoms. The Kier molecular flexibility index (Phi) is 3.93. The molecule has 0 N–H and O–H groups in total. The predicted molar refractivity (Wildman–Crippen MR) is 71.0 cm³/mol. The van der Waals surface area contributed by atoms with Crippen LogP contribution in [0.1, 0.15) is 23.9 Å². The van der Waals surface area contributed by atoms with E-state index < -0.39 is 0 Å². The zero-order valence-corrected chi connectivity index (χ0v) is 12.2. The molecule has 1 unspecified atom stereocenters. The van der Waals surface area contributed by atoms with Crippen LogP contribution in [0.15, 0.2) is 28.9 Å². The van der Waals surface area contributed by atoms with E-state index in [1.165, 1.54) is 10.7 Å². The van der Waals surface area contributed by atoms with Gasteiger partial charge in [0.15, 0.2) is 0 Å². The minimum Gasteiger partial charge on any atom is -0.217 e. The first-order valence-electron chi connectivity index (χ1n) is 5.13. The van der Waals surface area contributed by atoms with Gasteiger partial charge in [-0.2, -0.15) is 0 Å². The second-order valence-electron chi connectivity index (χ2n) is 3.56. The van der Waals surface area contributed by atoms with Crippen LogP contribution in [0.4, 0.5) is 4.39 Å². The van der Waals surface area contributed by atoms with Crippen molar-refractivity contribution in [2.24, 2.45) is 0 Å². The average Bonchev–Trinajstić information content (AvgIpc) is 2.77. The Labute approximate surface area is 115 Å². The minimum atomic E-state index is -0.335. The molecule has 0 amide bonds. The van der Waals surface area contributed by atoms with Crippen molar-refractivity contribution in [2.45, 2.75) is 18.2 Å². The zero-order valence-electron chi connectivity index (χ0n) is 9.07. The molecule has 0 radical (unpaired) electrons. The number of hydrogen-bond acceptors (Lipinski definition) is 2. The summed E-state index contributed by atoms with van der Waals surface area (Å²) in [6.45, 7) is 2.04. The molecule has 1 heterocycles. The van der Waals surface area contributed by atoms with Crippen molar-refractivity contribution in [3.8, 4) is 5.69 Å². The third-order valence-corrected chi connectivity index (χ3v) is 3.96. The van der Waals surface area contributed by atoms with Crippen LogP contribution in [0.3, 0.4) is 0 Å². The van der Waals surface area contributed by atoms with Crippen molar-refractivity contribution in [3.05, 3.63) is 40.4 Å². The largest absolute Gasteiger partial charge is 0.217 e. The van der Waals surface area contributed by atoms with Gasteiger partial charge in [0, 0.05) is 4.47 Å². The number of benzene rings is 1. The van der Waals surface area contributed by atoms with E-state index in [0.29, 0.717) is 10.2 Å². The summed E-state index contributed by atoms with van der Waals surface area (Å²) in [5, 5.41) is 7.94. The van der Waals surface area contributed by atoms with Crippen LogP contribution >= 0.6 is 31.9 Å². The highest BCUT2D eigenvalue weighted by Crippen LogP contribution is 2.25. The monoisotopic (exact) mass is 361 g/mol. The topological polar surface area (TPSA) is 30.7 Å². The molecule has 0 aliphatic carbocycles. The molecule has 0 fully saturated rings. The van der Waals surface area contributed by atoms with Crippen LogP contribution in [0.5, 0.6) is 0 Å². The Morgan fingerprint density at radius 3 is 2.88 bits per heavy atom. The third kappa shape index (κ3) is 2.74. The van der Waals surface area contributed by atoms with E-state index in [1.807, 2.05) is 6.92 Å². The van der Waals surface area contributed by atoms with E-state index in [2.05, 4.69) is 42.2 Å². The van der Waals surface area contributed by atoms with Crippen molar-refractivity contribution in [3.63, 3.8) is 0 Å². The Morgan fingerprint density at radius 2 is 2.24 bits per heavy atom. The summed E-state index contributed by atoms with van der Waals surface area (Å²) in [4.78, 5) is 0.148. The van der Waals surface area contributed by atoms with Gasteiger partial charge in [-0.3, -0.25) is 0 Å². The molecule has 0 aliphatic heterocycles. The SMILES string of the molecule is CCC(Br)c1cn(-c2ccc(Br)cc2F)nn1. The molecule has 6 heteroatoms. The normalized spacial score (nSPS) is 12.7. The predicted octanol–water partition coefficient (Wildman–Crippen LogP) is 4.01. The third-order valence-electron chi connectivity index (χ3n) is 2.35. The minimum absolute atomic E-state index is 0.148.